The Morgan fingerprint density at radius 2 is 1.74 bits per heavy atom. The van der Waals surface area contributed by atoms with Crippen LogP contribution in [-0.2, 0) is 22.7 Å². The first-order valence-corrected chi connectivity index (χ1v) is 12.3. The molecule has 2 N–H and O–H groups in total. The first-order chi connectivity index (χ1) is 17.0. The van der Waals surface area contributed by atoms with Crippen molar-refractivity contribution < 1.29 is 14.0 Å². The van der Waals surface area contributed by atoms with Crippen LogP contribution >= 0.6 is 11.8 Å². The van der Waals surface area contributed by atoms with Crippen molar-refractivity contribution >= 4 is 29.3 Å². The van der Waals surface area contributed by atoms with Gasteiger partial charge in [-0.3, -0.25) is 14.2 Å². The van der Waals surface area contributed by atoms with E-state index in [0.29, 0.717) is 29.8 Å². The molecule has 4 aromatic rings. The van der Waals surface area contributed by atoms with E-state index in [1.165, 1.54) is 11.8 Å². The molecule has 0 aliphatic heterocycles. The zero-order valence-corrected chi connectivity index (χ0v) is 20.4. The predicted octanol–water partition coefficient (Wildman–Crippen LogP) is 4.59. The Balaban J connectivity index is 1.35. The van der Waals surface area contributed by atoms with Gasteiger partial charge in [0.1, 0.15) is 0 Å². The van der Waals surface area contributed by atoms with E-state index in [-0.39, 0.29) is 23.5 Å². The summed E-state index contributed by atoms with van der Waals surface area (Å²) in [4.78, 5) is 24.3. The lowest BCUT2D eigenvalue weighted by Crippen LogP contribution is -2.24. The maximum Gasteiger partial charge on any atom is 0.230 e. The van der Waals surface area contributed by atoms with E-state index in [2.05, 4.69) is 20.8 Å². The third-order valence-electron chi connectivity index (χ3n) is 5.21. The number of nitrogens with zero attached hydrogens (tertiary/aromatic N) is 3. The minimum Gasteiger partial charge on any atom is -0.461 e. The quantitative estimate of drug-likeness (QED) is 0.316. The van der Waals surface area contributed by atoms with Gasteiger partial charge in [0.25, 0.3) is 0 Å². The van der Waals surface area contributed by atoms with E-state index in [0.717, 1.165) is 16.8 Å². The zero-order chi connectivity index (χ0) is 24.6. The van der Waals surface area contributed by atoms with Crippen LogP contribution in [0.4, 0.5) is 5.69 Å². The Hall–Kier alpha value is -3.85. The smallest absolute Gasteiger partial charge is 0.230 e. The van der Waals surface area contributed by atoms with E-state index < -0.39 is 0 Å². The van der Waals surface area contributed by atoms with Gasteiger partial charge in [0, 0.05) is 18.2 Å². The second-order valence-electron chi connectivity index (χ2n) is 8.26. The minimum atomic E-state index is -0.110. The Morgan fingerprint density at radius 3 is 2.43 bits per heavy atom. The molecule has 4 rings (SSSR count). The third-order valence-corrected chi connectivity index (χ3v) is 6.18. The van der Waals surface area contributed by atoms with Crippen LogP contribution in [0.15, 0.2) is 82.6 Å². The molecular formula is C26H27N5O3S. The van der Waals surface area contributed by atoms with Gasteiger partial charge in [-0.05, 0) is 35.4 Å². The van der Waals surface area contributed by atoms with Crippen LogP contribution in [0.25, 0.3) is 11.6 Å². The van der Waals surface area contributed by atoms with Crippen LogP contribution < -0.4 is 10.6 Å². The molecule has 0 unspecified atom stereocenters. The maximum absolute atomic E-state index is 12.5. The monoisotopic (exact) mass is 489 g/mol. The highest BCUT2D eigenvalue weighted by Gasteiger charge is 2.18. The number of hydrogen-bond donors (Lipinski definition) is 2. The van der Waals surface area contributed by atoms with Crippen LogP contribution in [0, 0.1) is 5.92 Å². The molecule has 9 heteroatoms. The molecule has 0 radical (unpaired) electrons. The lowest BCUT2D eigenvalue weighted by atomic mass is 10.1. The SMILES string of the molecule is CC(C)C(=O)Nc1ccc(CNC(=O)CSc2nnc(-c3ccco3)n2Cc2ccccc2)cc1. The molecule has 0 fully saturated rings. The number of anilines is 1. The minimum absolute atomic E-state index is 0.0293. The van der Waals surface area contributed by atoms with E-state index in [4.69, 9.17) is 4.42 Å². The molecule has 0 aliphatic carbocycles. The molecule has 8 nitrogen and oxygen atoms in total. The van der Waals surface area contributed by atoms with Gasteiger partial charge in [0.2, 0.25) is 17.6 Å². The largest absolute Gasteiger partial charge is 0.461 e. The molecule has 0 spiro atoms. The first-order valence-electron chi connectivity index (χ1n) is 11.3. The molecule has 2 heterocycles. The summed E-state index contributed by atoms with van der Waals surface area (Å²) in [7, 11) is 0. The lowest BCUT2D eigenvalue weighted by molar-refractivity contribution is -0.119. The fourth-order valence-corrected chi connectivity index (χ4v) is 4.03. The van der Waals surface area contributed by atoms with Crippen molar-refractivity contribution in [2.24, 2.45) is 5.92 Å². The second-order valence-corrected chi connectivity index (χ2v) is 9.20. The Morgan fingerprint density at radius 1 is 0.971 bits per heavy atom. The van der Waals surface area contributed by atoms with Gasteiger partial charge in [0.05, 0.1) is 18.6 Å². The summed E-state index contributed by atoms with van der Waals surface area (Å²) < 4.78 is 7.49. The molecule has 2 aromatic carbocycles. The molecule has 0 atom stereocenters. The van der Waals surface area contributed by atoms with Gasteiger partial charge in [-0.1, -0.05) is 68.1 Å². The molecule has 2 amide bonds. The van der Waals surface area contributed by atoms with E-state index in [1.807, 2.05) is 85.1 Å². The highest BCUT2D eigenvalue weighted by atomic mass is 32.2. The van der Waals surface area contributed by atoms with Crippen molar-refractivity contribution in [3.05, 3.63) is 84.1 Å². The van der Waals surface area contributed by atoms with Crippen LogP contribution in [0.1, 0.15) is 25.0 Å². The number of carbonyl (C=O) groups excluding carboxylic acids is 2. The molecule has 0 bridgehead atoms. The van der Waals surface area contributed by atoms with Crippen LogP contribution in [0.2, 0.25) is 0 Å². The average Bonchev–Trinajstić information content (AvgIpc) is 3.53. The van der Waals surface area contributed by atoms with Gasteiger partial charge in [-0.15, -0.1) is 10.2 Å². The predicted molar refractivity (Wildman–Crippen MR) is 136 cm³/mol. The number of carbonyl (C=O) groups is 2. The van der Waals surface area contributed by atoms with E-state index in [9.17, 15) is 9.59 Å². The second kappa shape index (κ2) is 11.5. The number of nitrogens with one attached hydrogen (secondary N) is 2. The number of rotatable bonds is 10. The van der Waals surface area contributed by atoms with E-state index >= 15 is 0 Å². The molecule has 2 aromatic heterocycles. The van der Waals surface area contributed by atoms with Gasteiger partial charge in [-0.2, -0.15) is 0 Å². The van der Waals surface area contributed by atoms with Crippen LogP contribution in [-0.4, -0.2) is 32.3 Å². The maximum atomic E-state index is 12.5. The summed E-state index contributed by atoms with van der Waals surface area (Å²) in [6.45, 7) is 4.65. The normalized spacial score (nSPS) is 10.9. The average molecular weight is 490 g/mol. The van der Waals surface area contributed by atoms with Gasteiger partial charge in [0.15, 0.2) is 10.9 Å². The summed E-state index contributed by atoms with van der Waals surface area (Å²) in [6, 6.07) is 21.1. The van der Waals surface area contributed by atoms with Crippen molar-refractivity contribution in [3.8, 4) is 11.6 Å². The van der Waals surface area contributed by atoms with Crippen LogP contribution in [0.3, 0.4) is 0 Å². The Kier molecular flexibility index (Phi) is 7.99. The van der Waals surface area contributed by atoms with Crippen molar-refractivity contribution in [1.29, 1.82) is 0 Å². The summed E-state index contributed by atoms with van der Waals surface area (Å²) >= 11 is 1.33. The number of amides is 2. The molecular weight excluding hydrogens is 462 g/mol. The summed E-state index contributed by atoms with van der Waals surface area (Å²) in [5.41, 5.74) is 2.78. The Bertz CT molecular complexity index is 1250. The highest BCUT2D eigenvalue weighted by Crippen LogP contribution is 2.25. The topological polar surface area (TPSA) is 102 Å². The van der Waals surface area contributed by atoms with Gasteiger partial charge in [-0.25, -0.2) is 0 Å². The molecule has 0 saturated heterocycles. The van der Waals surface area contributed by atoms with Crippen molar-refractivity contribution in [3.63, 3.8) is 0 Å². The summed E-state index contributed by atoms with van der Waals surface area (Å²) in [5, 5.41) is 15.0. The van der Waals surface area contributed by atoms with Gasteiger partial charge >= 0.3 is 0 Å². The fraction of sp³-hybridized carbons (Fsp3) is 0.231. The molecule has 0 aliphatic rings. The standard InChI is InChI=1S/C26H27N5O3S/c1-18(2)25(33)28-21-12-10-19(11-13-21)15-27-23(32)17-35-26-30-29-24(22-9-6-14-34-22)31(26)16-20-7-4-3-5-8-20/h3-14,18H,15-17H2,1-2H3,(H,27,32)(H,28,33). The zero-order valence-electron chi connectivity index (χ0n) is 19.6. The van der Waals surface area contributed by atoms with E-state index in [1.54, 1.807) is 6.26 Å². The number of hydrogen-bond acceptors (Lipinski definition) is 6. The number of furan rings is 1. The Labute approximate surface area is 208 Å². The van der Waals surface area contributed by atoms with Gasteiger partial charge < -0.3 is 15.1 Å². The van der Waals surface area contributed by atoms with Crippen LogP contribution in [0.5, 0.6) is 0 Å². The number of aromatic nitrogens is 3. The first kappa shape index (κ1) is 24.3. The fourth-order valence-electron chi connectivity index (χ4n) is 3.27. The number of thioether (sulfide) groups is 1. The molecule has 180 valence electrons. The number of benzene rings is 2. The van der Waals surface area contributed by atoms with Crippen molar-refractivity contribution in [1.82, 2.24) is 20.1 Å². The third kappa shape index (κ3) is 6.60. The molecule has 35 heavy (non-hydrogen) atoms. The summed E-state index contributed by atoms with van der Waals surface area (Å²) in [5.74, 6) is 1.22. The van der Waals surface area contributed by atoms with Crippen molar-refractivity contribution in [2.45, 2.75) is 32.1 Å². The lowest BCUT2D eigenvalue weighted by Gasteiger charge is -2.10. The highest BCUT2D eigenvalue weighted by molar-refractivity contribution is 7.99. The van der Waals surface area contributed by atoms with Crippen molar-refractivity contribution in [2.75, 3.05) is 11.1 Å². The summed E-state index contributed by atoms with van der Waals surface area (Å²) in [6.07, 6.45) is 1.60. The molecule has 0 saturated carbocycles.